The van der Waals surface area contributed by atoms with Gasteiger partial charge in [0.25, 0.3) is 0 Å². The molecule has 1 nitrogen and oxygen atoms in total. The number of hydrogen-bond acceptors (Lipinski definition) is 1. The van der Waals surface area contributed by atoms with E-state index < -0.39 is 0 Å². The molecule has 0 saturated carbocycles. The van der Waals surface area contributed by atoms with E-state index in [1.54, 1.807) is 0 Å². The predicted molar refractivity (Wildman–Crippen MR) is 100 cm³/mol. The molecule has 3 heteroatoms. The van der Waals surface area contributed by atoms with Crippen molar-refractivity contribution in [3.63, 3.8) is 0 Å². The van der Waals surface area contributed by atoms with E-state index in [9.17, 15) is 0 Å². The van der Waals surface area contributed by atoms with E-state index in [-0.39, 0.29) is 0 Å². The summed E-state index contributed by atoms with van der Waals surface area (Å²) in [7, 11) is 0. The fraction of sp³-hybridized carbons (Fsp3) is 0.333. The molecular formula is C18H21ClIN. The third-order valence-corrected chi connectivity index (χ3v) is 4.49. The lowest BCUT2D eigenvalue weighted by Gasteiger charge is -2.19. The monoisotopic (exact) mass is 413 g/mol. The van der Waals surface area contributed by atoms with Crippen LogP contribution in [0, 0.1) is 3.57 Å². The number of hydrogen-bond donors (Lipinski definition) is 1. The normalized spacial score (nSPS) is 12.3. The minimum atomic E-state index is 0.454. The minimum absolute atomic E-state index is 0.454. The van der Waals surface area contributed by atoms with Crippen molar-refractivity contribution in [2.45, 2.75) is 25.7 Å². The second-order valence-electron chi connectivity index (χ2n) is 5.29. The fourth-order valence-corrected chi connectivity index (χ4v) is 2.98. The van der Waals surface area contributed by atoms with E-state index >= 15 is 0 Å². The van der Waals surface area contributed by atoms with Gasteiger partial charge in [0.15, 0.2) is 0 Å². The number of halogens is 2. The molecule has 2 aromatic carbocycles. The molecule has 0 fully saturated rings. The Morgan fingerprint density at radius 3 is 2.57 bits per heavy atom. The molecule has 2 aromatic rings. The van der Waals surface area contributed by atoms with Gasteiger partial charge >= 0.3 is 0 Å². The van der Waals surface area contributed by atoms with E-state index in [0.717, 1.165) is 31.0 Å². The van der Waals surface area contributed by atoms with E-state index in [2.05, 4.69) is 71.2 Å². The molecule has 2 rings (SSSR count). The molecule has 1 N–H and O–H groups in total. The summed E-state index contributed by atoms with van der Waals surface area (Å²) >= 11 is 8.50. The maximum Gasteiger partial charge on any atom is 0.0408 e. The maximum absolute atomic E-state index is 6.15. The third-order valence-electron chi connectivity index (χ3n) is 3.53. The van der Waals surface area contributed by atoms with Crippen molar-refractivity contribution in [2.75, 3.05) is 13.1 Å². The van der Waals surface area contributed by atoms with Crippen molar-refractivity contribution in [3.05, 3.63) is 68.3 Å². The molecule has 0 radical (unpaired) electrons. The lowest BCUT2D eigenvalue weighted by molar-refractivity contribution is 0.576. The molecule has 0 aromatic heterocycles. The lowest BCUT2D eigenvalue weighted by Crippen LogP contribution is -2.23. The summed E-state index contributed by atoms with van der Waals surface area (Å²) < 4.78 is 1.28. The van der Waals surface area contributed by atoms with E-state index in [1.807, 2.05) is 12.1 Å². The summed E-state index contributed by atoms with van der Waals surface area (Å²) in [5, 5.41) is 4.36. The smallest absolute Gasteiger partial charge is 0.0408 e. The van der Waals surface area contributed by atoms with Crippen molar-refractivity contribution in [1.29, 1.82) is 0 Å². The first kappa shape index (κ1) is 16.8. The Kier molecular flexibility index (Phi) is 7.00. The van der Waals surface area contributed by atoms with Gasteiger partial charge in [-0.3, -0.25) is 0 Å². The largest absolute Gasteiger partial charge is 0.316 e. The SMILES string of the molecule is CCCNCC(Cc1ccc(I)cc1)c1cccc(Cl)c1. The Hall–Kier alpha value is -0.580. The van der Waals surface area contributed by atoms with Gasteiger partial charge in [-0.25, -0.2) is 0 Å². The van der Waals surface area contributed by atoms with Crippen LogP contribution in [0.1, 0.15) is 30.4 Å². The summed E-state index contributed by atoms with van der Waals surface area (Å²) in [4.78, 5) is 0. The quantitative estimate of drug-likeness (QED) is 0.481. The van der Waals surface area contributed by atoms with E-state index in [0.29, 0.717) is 5.92 Å². The first-order valence-corrected chi connectivity index (χ1v) is 8.85. The van der Waals surface area contributed by atoms with Gasteiger partial charge < -0.3 is 5.32 Å². The van der Waals surface area contributed by atoms with Gasteiger partial charge in [0, 0.05) is 21.1 Å². The molecule has 21 heavy (non-hydrogen) atoms. The molecule has 0 amide bonds. The Labute approximate surface area is 146 Å². The van der Waals surface area contributed by atoms with Crippen LogP contribution in [0.2, 0.25) is 5.02 Å². The van der Waals surface area contributed by atoms with Crippen molar-refractivity contribution >= 4 is 34.2 Å². The fourth-order valence-electron chi connectivity index (χ4n) is 2.43. The topological polar surface area (TPSA) is 12.0 Å². The predicted octanol–water partition coefficient (Wildman–Crippen LogP) is 5.27. The van der Waals surface area contributed by atoms with Crippen LogP contribution < -0.4 is 5.32 Å². The van der Waals surface area contributed by atoms with E-state index in [1.165, 1.54) is 14.7 Å². The second-order valence-corrected chi connectivity index (χ2v) is 6.97. The summed E-state index contributed by atoms with van der Waals surface area (Å²) in [5.74, 6) is 0.454. The van der Waals surface area contributed by atoms with Crippen molar-refractivity contribution < 1.29 is 0 Å². The molecule has 0 aliphatic carbocycles. The zero-order valence-corrected chi connectivity index (χ0v) is 15.2. The molecule has 0 aliphatic rings. The van der Waals surface area contributed by atoms with Gasteiger partial charge in [-0.05, 0) is 77.4 Å². The molecule has 1 unspecified atom stereocenters. The van der Waals surface area contributed by atoms with Crippen LogP contribution in [-0.2, 0) is 6.42 Å². The Morgan fingerprint density at radius 1 is 1.14 bits per heavy atom. The van der Waals surface area contributed by atoms with E-state index in [4.69, 9.17) is 11.6 Å². The van der Waals surface area contributed by atoms with Crippen LogP contribution in [-0.4, -0.2) is 13.1 Å². The van der Waals surface area contributed by atoms with Crippen LogP contribution >= 0.6 is 34.2 Å². The van der Waals surface area contributed by atoms with Gasteiger partial charge in [0.2, 0.25) is 0 Å². The lowest BCUT2D eigenvalue weighted by atomic mass is 9.92. The van der Waals surface area contributed by atoms with Crippen molar-refractivity contribution in [3.8, 4) is 0 Å². The molecule has 0 aliphatic heterocycles. The summed E-state index contributed by atoms with van der Waals surface area (Å²) in [5.41, 5.74) is 2.68. The molecular weight excluding hydrogens is 393 g/mol. The van der Waals surface area contributed by atoms with Crippen LogP contribution in [0.4, 0.5) is 0 Å². The molecule has 0 spiro atoms. The highest BCUT2D eigenvalue weighted by molar-refractivity contribution is 14.1. The Bertz CT molecular complexity index is 553. The minimum Gasteiger partial charge on any atom is -0.316 e. The van der Waals surface area contributed by atoms with Gasteiger partial charge in [0.1, 0.15) is 0 Å². The van der Waals surface area contributed by atoms with Gasteiger partial charge in [-0.15, -0.1) is 0 Å². The zero-order chi connectivity index (χ0) is 15.1. The number of rotatable bonds is 7. The standard InChI is InChI=1S/C18H21ClIN/c1-2-10-21-13-16(15-4-3-5-17(19)12-15)11-14-6-8-18(20)9-7-14/h3-9,12,16,21H,2,10-11,13H2,1H3. The molecule has 0 heterocycles. The average molecular weight is 414 g/mol. The highest BCUT2D eigenvalue weighted by atomic mass is 127. The third kappa shape index (κ3) is 5.61. The number of nitrogens with one attached hydrogen (secondary N) is 1. The highest BCUT2D eigenvalue weighted by Gasteiger charge is 2.12. The number of benzene rings is 2. The Morgan fingerprint density at radius 2 is 1.90 bits per heavy atom. The Balaban J connectivity index is 2.13. The van der Waals surface area contributed by atoms with Gasteiger partial charge in [-0.2, -0.15) is 0 Å². The maximum atomic E-state index is 6.15. The summed E-state index contributed by atoms with van der Waals surface area (Å²) in [6.45, 7) is 4.24. The van der Waals surface area contributed by atoms with Gasteiger partial charge in [-0.1, -0.05) is 42.8 Å². The summed E-state index contributed by atoms with van der Waals surface area (Å²) in [6, 6.07) is 17.0. The van der Waals surface area contributed by atoms with Crippen LogP contribution in [0.15, 0.2) is 48.5 Å². The average Bonchev–Trinajstić information content (AvgIpc) is 2.48. The second kappa shape index (κ2) is 8.76. The molecule has 112 valence electrons. The molecule has 1 atom stereocenters. The highest BCUT2D eigenvalue weighted by Crippen LogP contribution is 2.23. The van der Waals surface area contributed by atoms with Crippen molar-refractivity contribution in [2.24, 2.45) is 0 Å². The van der Waals surface area contributed by atoms with Crippen LogP contribution in [0.3, 0.4) is 0 Å². The van der Waals surface area contributed by atoms with Crippen molar-refractivity contribution in [1.82, 2.24) is 5.32 Å². The first-order chi connectivity index (χ1) is 10.2. The van der Waals surface area contributed by atoms with Gasteiger partial charge in [0.05, 0.1) is 0 Å². The zero-order valence-electron chi connectivity index (χ0n) is 12.3. The first-order valence-electron chi connectivity index (χ1n) is 7.39. The van der Waals surface area contributed by atoms with Crippen LogP contribution in [0.5, 0.6) is 0 Å². The summed E-state index contributed by atoms with van der Waals surface area (Å²) in [6.07, 6.45) is 2.19. The molecule has 0 saturated heterocycles. The molecule has 0 bridgehead atoms. The van der Waals surface area contributed by atoms with Crippen LogP contribution in [0.25, 0.3) is 0 Å².